The SMILES string of the molecule is CC(C)(C)P(N[Si](C)(NP(C(C)(C)C)C(C)(C)C)NP(C(C)(C)C)C(C)(C)C)C(C)(C)C. The van der Waals surface area contributed by atoms with Crippen LogP contribution in [0.1, 0.15) is 125 Å². The second-order valence-electron chi connectivity index (χ2n) is 15.5. The van der Waals surface area contributed by atoms with Gasteiger partial charge in [0.2, 0.25) is 0 Å². The van der Waals surface area contributed by atoms with Gasteiger partial charge in [0.05, 0.1) is 0 Å². The normalized spacial score (nSPS) is 15.9. The molecular weight excluding hydrogens is 463 g/mol. The summed E-state index contributed by atoms with van der Waals surface area (Å²) in [5, 5.41) is 1.36. The minimum atomic E-state index is -2.26. The summed E-state index contributed by atoms with van der Waals surface area (Å²) in [4.78, 5) is 0. The van der Waals surface area contributed by atoms with Gasteiger partial charge >= 0.3 is 0 Å². The molecule has 0 unspecified atom stereocenters. The van der Waals surface area contributed by atoms with E-state index in [2.05, 4.69) is 145 Å². The maximum absolute atomic E-state index is 4.37. The molecule has 0 heterocycles. The van der Waals surface area contributed by atoms with Crippen molar-refractivity contribution >= 4 is 32.8 Å². The van der Waals surface area contributed by atoms with Crippen LogP contribution in [0.4, 0.5) is 0 Å². The van der Waals surface area contributed by atoms with Gasteiger partial charge in [-0.2, -0.15) is 0 Å². The van der Waals surface area contributed by atoms with Crippen LogP contribution in [0.3, 0.4) is 0 Å². The van der Waals surface area contributed by atoms with E-state index in [0.29, 0.717) is 0 Å². The summed E-state index contributed by atoms with van der Waals surface area (Å²) in [6.45, 7) is 46.0. The monoisotopic (exact) mass is 523 g/mol. The minimum Gasteiger partial charge on any atom is -0.290 e. The first-order valence-corrected chi connectivity index (χ1v) is 18.8. The fourth-order valence-electron chi connectivity index (χ4n) is 4.77. The lowest BCUT2D eigenvalue weighted by Crippen LogP contribution is -2.69. The van der Waals surface area contributed by atoms with E-state index in [1.807, 2.05) is 0 Å². The lowest BCUT2D eigenvalue weighted by atomic mass is 10.2. The second kappa shape index (κ2) is 10.4. The van der Waals surface area contributed by atoms with E-state index in [9.17, 15) is 0 Å². The van der Waals surface area contributed by atoms with Crippen molar-refractivity contribution in [3.63, 3.8) is 0 Å². The van der Waals surface area contributed by atoms with Crippen LogP contribution in [0.25, 0.3) is 0 Å². The highest BCUT2D eigenvalue weighted by Gasteiger charge is 2.49. The number of nitrogens with one attached hydrogen (secondary N) is 3. The molecule has 7 heteroatoms. The molecule has 0 saturated heterocycles. The largest absolute Gasteiger partial charge is 0.290 e. The van der Waals surface area contributed by atoms with E-state index in [1.165, 1.54) is 0 Å². The quantitative estimate of drug-likeness (QED) is 0.240. The third-order valence-electron chi connectivity index (χ3n) is 5.03. The fourth-order valence-corrected chi connectivity index (χ4v) is 26.2. The Morgan fingerprint density at radius 3 is 0.562 bits per heavy atom. The summed E-state index contributed by atoms with van der Waals surface area (Å²) < 4.78 is 13.1. The third kappa shape index (κ3) is 10.6. The molecule has 0 radical (unpaired) electrons. The van der Waals surface area contributed by atoms with Crippen molar-refractivity contribution in [2.45, 2.75) is 162 Å². The lowest BCUT2D eigenvalue weighted by molar-refractivity contribution is 0.686. The highest BCUT2D eigenvalue weighted by molar-refractivity contribution is 7.66. The molecule has 0 amide bonds. The van der Waals surface area contributed by atoms with Gasteiger partial charge in [-0.1, -0.05) is 125 Å². The summed E-state index contributed by atoms with van der Waals surface area (Å²) in [7, 11) is -3.54. The average molecular weight is 524 g/mol. The Bertz CT molecular complexity index is 471. The number of hydrogen-bond donors (Lipinski definition) is 3. The maximum atomic E-state index is 4.37. The van der Waals surface area contributed by atoms with Crippen LogP contribution in [0, 0.1) is 0 Å². The Labute approximate surface area is 208 Å². The molecule has 0 aromatic rings. The average Bonchev–Trinajstić information content (AvgIpc) is 2.41. The van der Waals surface area contributed by atoms with Crippen molar-refractivity contribution in [2.75, 3.05) is 0 Å². The first kappa shape index (κ1) is 33.4. The fraction of sp³-hybridized carbons (Fsp3) is 1.00. The standard InChI is InChI=1S/C25H60N3P3Si/c1-20(2,3)29(21(4,5)6)26-32(19,27-30(22(7,8)9)23(10,11)12)28-31(24(13,14)15)25(16,17)18/h26-28H,1-19H3. The van der Waals surface area contributed by atoms with E-state index in [1.54, 1.807) is 0 Å². The molecule has 0 saturated carbocycles. The molecule has 3 N–H and O–H groups in total. The predicted molar refractivity (Wildman–Crippen MR) is 160 cm³/mol. The zero-order valence-corrected chi connectivity index (χ0v) is 29.0. The highest BCUT2D eigenvalue weighted by atomic mass is 31.1. The van der Waals surface area contributed by atoms with Gasteiger partial charge in [-0.15, -0.1) is 0 Å². The van der Waals surface area contributed by atoms with Crippen molar-refractivity contribution < 1.29 is 0 Å². The van der Waals surface area contributed by atoms with E-state index < -0.39 is 32.8 Å². The van der Waals surface area contributed by atoms with Gasteiger partial charge in [0.15, 0.2) is 0 Å². The Balaban J connectivity index is 6.68. The molecule has 0 aliphatic rings. The van der Waals surface area contributed by atoms with Crippen LogP contribution in [0.5, 0.6) is 0 Å². The molecule has 0 fully saturated rings. The highest BCUT2D eigenvalue weighted by Crippen LogP contribution is 2.62. The molecule has 194 valence electrons. The summed E-state index contributed by atoms with van der Waals surface area (Å²) in [5.74, 6) is 0. The minimum absolute atomic E-state index is 0.226. The van der Waals surface area contributed by atoms with E-state index >= 15 is 0 Å². The summed E-state index contributed by atoms with van der Waals surface area (Å²) >= 11 is 0. The molecular formula is C25H60N3P3Si. The van der Waals surface area contributed by atoms with Crippen molar-refractivity contribution in [3.05, 3.63) is 0 Å². The Morgan fingerprint density at radius 1 is 0.344 bits per heavy atom. The van der Waals surface area contributed by atoms with Crippen molar-refractivity contribution in [2.24, 2.45) is 0 Å². The second-order valence-corrected chi connectivity index (χ2v) is 30.5. The molecule has 0 spiro atoms. The summed E-state index contributed by atoms with van der Waals surface area (Å²) in [6.07, 6.45) is 0. The molecule has 0 atom stereocenters. The van der Waals surface area contributed by atoms with Gasteiger partial charge in [0, 0.05) is 0 Å². The summed E-state index contributed by atoms with van der Waals surface area (Å²) in [6, 6.07) is 0. The van der Waals surface area contributed by atoms with Crippen molar-refractivity contribution in [1.29, 1.82) is 0 Å². The predicted octanol–water partition coefficient (Wildman–Crippen LogP) is 9.31. The molecule has 0 aliphatic carbocycles. The molecule has 0 aliphatic heterocycles. The molecule has 0 aromatic heterocycles. The maximum Gasteiger partial charge on any atom is 0.288 e. The van der Waals surface area contributed by atoms with Crippen LogP contribution in [-0.4, -0.2) is 39.5 Å². The van der Waals surface area contributed by atoms with Gasteiger partial charge in [-0.3, -0.25) is 14.3 Å². The Morgan fingerprint density at radius 2 is 0.469 bits per heavy atom. The first-order chi connectivity index (χ1) is 13.5. The van der Waals surface area contributed by atoms with Crippen molar-refractivity contribution in [1.82, 2.24) is 14.3 Å². The number of rotatable bonds is 6. The van der Waals surface area contributed by atoms with Gasteiger partial charge in [-0.25, -0.2) is 0 Å². The Kier molecular flexibility index (Phi) is 10.9. The first-order valence-electron chi connectivity index (χ1n) is 12.3. The topological polar surface area (TPSA) is 36.1 Å². The smallest absolute Gasteiger partial charge is 0.288 e. The van der Waals surface area contributed by atoms with Crippen LogP contribution in [0.2, 0.25) is 6.55 Å². The molecule has 0 rings (SSSR count). The van der Waals surface area contributed by atoms with Crippen molar-refractivity contribution in [3.8, 4) is 0 Å². The molecule has 0 bridgehead atoms. The molecule has 0 aromatic carbocycles. The molecule has 32 heavy (non-hydrogen) atoms. The van der Waals surface area contributed by atoms with Gasteiger partial charge in [0.1, 0.15) is 0 Å². The zero-order chi connectivity index (χ0) is 26.4. The zero-order valence-electron chi connectivity index (χ0n) is 25.3. The van der Waals surface area contributed by atoms with E-state index in [0.717, 1.165) is 0 Å². The molecule has 3 nitrogen and oxygen atoms in total. The lowest BCUT2D eigenvalue weighted by Gasteiger charge is -2.53. The van der Waals surface area contributed by atoms with Gasteiger partial charge in [-0.05, 0) is 61.7 Å². The summed E-state index contributed by atoms with van der Waals surface area (Å²) in [5.41, 5.74) is 0. The van der Waals surface area contributed by atoms with Crippen LogP contribution in [0.15, 0.2) is 0 Å². The van der Waals surface area contributed by atoms with Crippen LogP contribution in [-0.2, 0) is 0 Å². The van der Waals surface area contributed by atoms with Gasteiger partial charge in [0.25, 0.3) is 8.56 Å². The van der Waals surface area contributed by atoms with E-state index in [-0.39, 0.29) is 30.9 Å². The van der Waals surface area contributed by atoms with Gasteiger partial charge < -0.3 is 0 Å². The van der Waals surface area contributed by atoms with Crippen LogP contribution >= 0.6 is 24.2 Å². The van der Waals surface area contributed by atoms with E-state index in [4.69, 9.17) is 0 Å². The Hall–Kier alpha value is 1.39. The number of hydrogen-bond acceptors (Lipinski definition) is 3. The van der Waals surface area contributed by atoms with Crippen LogP contribution < -0.4 is 14.3 Å². The third-order valence-corrected chi connectivity index (χ3v) is 21.1.